The first kappa shape index (κ1) is 27.3. The van der Waals surface area contributed by atoms with Crippen LogP contribution in [-0.4, -0.2) is 62.3 Å². The Labute approximate surface area is 230 Å². The summed E-state index contributed by atoms with van der Waals surface area (Å²) in [4.78, 5) is 33.9. The van der Waals surface area contributed by atoms with Crippen LogP contribution < -0.4 is 10.6 Å². The van der Waals surface area contributed by atoms with Crippen molar-refractivity contribution in [2.75, 3.05) is 31.7 Å². The van der Waals surface area contributed by atoms with Gasteiger partial charge in [0.2, 0.25) is 18.1 Å². The number of benzene rings is 1. The van der Waals surface area contributed by atoms with Crippen LogP contribution in [0.4, 0.5) is 10.3 Å². The molecular formula is C28H30FN7O4. The number of nitrogens with zero attached hydrogens (tertiary/aromatic N) is 4. The number of aliphatic hydroxyl groups excluding tert-OH is 1. The van der Waals surface area contributed by atoms with Crippen molar-refractivity contribution in [2.45, 2.75) is 26.2 Å². The number of aromatic amines is 1. The number of aromatic nitrogens is 5. The minimum atomic E-state index is -0.887. The number of amides is 1. The lowest BCUT2D eigenvalue weighted by Gasteiger charge is -2.35. The number of hydrogen-bond acceptors (Lipinski definition) is 9. The molecule has 4 heterocycles. The molecule has 1 aliphatic rings. The number of pyridine rings is 1. The molecule has 3 aromatic heterocycles. The molecule has 1 amide bonds. The lowest BCUT2D eigenvalue weighted by Crippen LogP contribution is -2.48. The number of rotatable bonds is 10. The van der Waals surface area contributed by atoms with E-state index in [1.807, 2.05) is 18.2 Å². The SMILES string of the molecule is CC1(C(=O)NCCCO)COC(c2nc(-c3ccc(F)cc3)c(-c3ccnc(NCc4ccccn4)n3)[nH]2)OC1. The van der Waals surface area contributed by atoms with Crippen molar-refractivity contribution in [3.05, 3.63) is 78.3 Å². The lowest BCUT2D eigenvalue weighted by molar-refractivity contribution is -0.231. The predicted octanol–water partition coefficient (Wildman–Crippen LogP) is 3.23. The number of carbonyl (C=O) groups excluding carboxylic acids is 1. The molecule has 208 valence electrons. The molecule has 0 aliphatic carbocycles. The fourth-order valence-corrected chi connectivity index (χ4v) is 4.15. The van der Waals surface area contributed by atoms with E-state index in [1.165, 1.54) is 12.1 Å². The smallest absolute Gasteiger partial charge is 0.230 e. The number of ether oxygens (including phenoxy) is 2. The summed E-state index contributed by atoms with van der Waals surface area (Å²) in [7, 11) is 0. The van der Waals surface area contributed by atoms with E-state index in [0.717, 1.165) is 5.69 Å². The Hall–Kier alpha value is -4.26. The highest BCUT2D eigenvalue weighted by Gasteiger charge is 2.40. The molecule has 0 radical (unpaired) electrons. The Morgan fingerprint density at radius 1 is 1.10 bits per heavy atom. The lowest BCUT2D eigenvalue weighted by atomic mass is 9.91. The van der Waals surface area contributed by atoms with Gasteiger partial charge in [-0.3, -0.25) is 9.78 Å². The largest absolute Gasteiger partial charge is 0.396 e. The van der Waals surface area contributed by atoms with Crippen LogP contribution in [-0.2, 0) is 20.8 Å². The molecule has 40 heavy (non-hydrogen) atoms. The molecule has 0 spiro atoms. The average molecular weight is 548 g/mol. The summed E-state index contributed by atoms with van der Waals surface area (Å²) in [6, 6.07) is 13.4. The van der Waals surface area contributed by atoms with Crippen LogP contribution in [0.15, 0.2) is 60.9 Å². The van der Waals surface area contributed by atoms with Crippen LogP contribution in [0.2, 0.25) is 0 Å². The van der Waals surface area contributed by atoms with Crippen molar-refractivity contribution >= 4 is 11.9 Å². The number of hydrogen-bond donors (Lipinski definition) is 4. The summed E-state index contributed by atoms with van der Waals surface area (Å²) in [5.41, 5.74) is 2.29. The van der Waals surface area contributed by atoms with E-state index in [2.05, 4.69) is 30.6 Å². The van der Waals surface area contributed by atoms with Gasteiger partial charge in [0, 0.05) is 31.1 Å². The molecule has 11 nitrogen and oxygen atoms in total. The molecule has 1 aliphatic heterocycles. The predicted molar refractivity (Wildman–Crippen MR) is 144 cm³/mol. The second-order valence-electron chi connectivity index (χ2n) is 9.64. The number of imidazole rings is 1. The molecule has 1 aromatic carbocycles. The molecule has 1 saturated heterocycles. The van der Waals surface area contributed by atoms with Gasteiger partial charge < -0.3 is 30.2 Å². The summed E-state index contributed by atoms with van der Waals surface area (Å²) in [5, 5.41) is 14.9. The zero-order valence-corrected chi connectivity index (χ0v) is 21.9. The maximum Gasteiger partial charge on any atom is 0.230 e. The minimum Gasteiger partial charge on any atom is -0.396 e. The van der Waals surface area contributed by atoms with E-state index in [9.17, 15) is 9.18 Å². The Morgan fingerprint density at radius 3 is 2.62 bits per heavy atom. The zero-order valence-electron chi connectivity index (χ0n) is 21.9. The highest BCUT2D eigenvalue weighted by atomic mass is 19.1. The van der Waals surface area contributed by atoms with Crippen LogP contribution in [0, 0.1) is 11.2 Å². The second kappa shape index (κ2) is 12.3. The first-order valence-corrected chi connectivity index (χ1v) is 12.9. The van der Waals surface area contributed by atoms with Gasteiger partial charge in [0.1, 0.15) is 5.82 Å². The molecule has 0 atom stereocenters. The minimum absolute atomic E-state index is 0.00257. The summed E-state index contributed by atoms with van der Waals surface area (Å²) in [6.45, 7) is 2.79. The van der Waals surface area contributed by atoms with Gasteiger partial charge in [0.25, 0.3) is 0 Å². The molecule has 4 aromatic rings. The summed E-state index contributed by atoms with van der Waals surface area (Å²) in [6.07, 6.45) is 2.97. The van der Waals surface area contributed by atoms with Crippen LogP contribution in [0.25, 0.3) is 22.6 Å². The number of carbonyl (C=O) groups is 1. The highest BCUT2D eigenvalue weighted by Crippen LogP contribution is 2.35. The highest BCUT2D eigenvalue weighted by molar-refractivity contribution is 5.82. The number of halogens is 1. The Kier molecular flexibility index (Phi) is 8.39. The van der Waals surface area contributed by atoms with E-state index in [0.29, 0.717) is 53.9 Å². The number of anilines is 1. The molecular weight excluding hydrogens is 517 g/mol. The number of H-pyrrole nitrogens is 1. The molecule has 0 unspecified atom stereocenters. The third kappa shape index (κ3) is 6.30. The molecule has 5 rings (SSSR count). The van der Waals surface area contributed by atoms with Crippen LogP contribution in [0.3, 0.4) is 0 Å². The third-order valence-corrected chi connectivity index (χ3v) is 6.40. The van der Waals surface area contributed by atoms with Gasteiger partial charge in [0.15, 0.2) is 5.82 Å². The zero-order chi connectivity index (χ0) is 28.0. The van der Waals surface area contributed by atoms with E-state index in [4.69, 9.17) is 19.6 Å². The summed E-state index contributed by atoms with van der Waals surface area (Å²) in [5.74, 6) is 0.217. The summed E-state index contributed by atoms with van der Waals surface area (Å²) < 4.78 is 25.6. The Bertz CT molecular complexity index is 1420. The van der Waals surface area contributed by atoms with Gasteiger partial charge >= 0.3 is 0 Å². The van der Waals surface area contributed by atoms with Gasteiger partial charge in [-0.25, -0.2) is 19.3 Å². The number of aliphatic hydroxyl groups is 1. The summed E-state index contributed by atoms with van der Waals surface area (Å²) >= 11 is 0. The van der Waals surface area contributed by atoms with Crippen molar-refractivity contribution < 1.29 is 23.8 Å². The molecule has 0 saturated carbocycles. The number of nitrogens with one attached hydrogen (secondary N) is 3. The van der Waals surface area contributed by atoms with E-state index in [1.54, 1.807) is 37.5 Å². The first-order chi connectivity index (χ1) is 19.4. The van der Waals surface area contributed by atoms with E-state index < -0.39 is 11.7 Å². The molecule has 0 bridgehead atoms. The topological polar surface area (TPSA) is 147 Å². The van der Waals surface area contributed by atoms with Gasteiger partial charge in [-0.2, -0.15) is 0 Å². The van der Waals surface area contributed by atoms with Crippen molar-refractivity contribution in [2.24, 2.45) is 5.41 Å². The van der Waals surface area contributed by atoms with Gasteiger partial charge in [-0.1, -0.05) is 6.07 Å². The first-order valence-electron chi connectivity index (χ1n) is 12.9. The van der Waals surface area contributed by atoms with E-state index >= 15 is 0 Å². The second-order valence-corrected chi connectivity index (χ2v) is 9.64. The molecule has 12 heteroatoms. The van der Waals surface area contributed by atoms with Crippen molar-refractivity contribution in [1.82, 2.24) is 30.2 Å². The third-order valence-electron chi connectivity index (χ3n) is 6.40. The van der Waals surface area contributed by atoms with Crippen LogP contribution in [0.5, 0.6) is 0 Å². The normalized spacial score (nSPS) is 18.8. The monoisotopic (exact) mass is 547 g/mol. The van der Waals surface area contributed by atoms with Crippen molar-refractivity contribution in [3.63, 3.8) is 0 Å². The Balaban J connectivity index is 1.38. The van der Waals surface area contributed by atoms with E-state index in [-0.39, 0.29) is 31.5 Å². The van der Waals surface area contributed by atoms with Gasteiger partial charge in [-0.15, -0.1) is 0 Å². The Morgan fingerprint density at radius 2 is 1.90 bits per heavy atom. The standard InChI is InChI=1S/C28H30FN7O4/c1-28(26(38)31-12-4-14-37)16-39-25(40-17-28)24-35-22(18-6-8-19(29)9-7-18)23(36-24)21-10-13-32-27(34-21)33-15-20-5-2-3-11-30-20/h2-3,5-11,13,25,37H,4,12,14-17H2,1H3,(H,31,38)(H,35,36)(H,32,33,34). The quantitative estimate of drug-likeness (QED) is 0.220. The average Bonchev–Trinajstić information content (AvgIpc) is 3.43. The maximum absolute atomic E-state index is 13.7. The molecule has 1 fully saturated rings. The fourth-order valence-electron chi connectivity index (χ4n) is 4.15. The van der Waals surface area contributed by atoms with Crippen molar-refractivity contribution in [1.29, 1.82) is 0 Å². The molecule has 4 N–H and O–H groups in total. The maximum atomic E-state index is 13.7. The van der Waals surface area contributed by atoms with Gasteiger partial charge in [0.05, 0.1) is 47.9 Å². The van der Waals surface area contributed by atoms with Crippen LogP contribution in [0.1, 0.15) is 31.2 Å². The van der Waals surface area contributed by atoms with Crippen LogP contribution >= 0.6 is 0 Å². The van der Waals surface area contributed by atoms with Crippen molar-refractivity contribution in [3.8, 4) is 22.6 Å². The fraction of sp³-hybridized carbons (Fsp3) is 0.321. The van der Waals surface area contributed by atoms with Gasteiger partial charge in [-0.05, 0) is 55.8 Å².